The summed E-state index contributed by atoms with van der Waals surface area (Å²) in [4.78, 5) is 4.30. The normalized spacial score (nSPS) is 12.5. The van der Waals surface area contributed by atoms with Gasteiger partial charge in [0, 0.05) is 18.1 Å². The van der Waals surface area contributed by atoms with E-state index in [1.165, 1.54) is 5.56 Å². The highest BCUT2D eigenvalue weighted by atomic mass is 79.9. The maximum absolute atomic E-state index is 5.65. The minimum atomic E-state index is 0.398. The summed E-state index contributed by atoms with van der Waals surface area (Å²) >= 11 is 9.18. The zero-order valence-electron chi connectivity index (χ0n) is 9.06. The van der Waals surface area contributed by atoms with Crippen molar-refractivity contribution in [1.29, 1.82) is 0 Å². The summed E-state index contributed by atoms with van der Waals surface area (Å²) in [6, 6.07) is 2.38. The van der Waals surface area contributed by atoms with Crippen LogP contribution in [0, 0.1) is 6.92 Å². The van der Waals surface area contributed by atoms with Gasteiger partial charge in [0.15, 0.2) is 0 Å². The first-order chi connectivity index (χ1) is 7.15. The maximum atomic E-state index is 5.65. The monoisotopic (exact) mass is 290 g/mol. The molecule has 1 aromatic rings. The molecule has 0 radical (unpaired) electrons. The molecule has 0 bridgehead atoms. The average molecular weight is 292 g/mol. The van der Waals surface area contributed by atoms with Crippen LogP contribution in [-0.4, -0.2) is 16.9 Å². The van der Waals surface area contributed by atoms with E-state index in [0.717, 1.165) is 23.1 Å². The van der Waals surface area contributed by atoms with Gasteiger partial charge in [-0.1, -0.05) is 0 Å². The van der Waals surface area contributed by atoms with E-state index >= 15 is 0 Å². The molecule has 1 heterocycles. The number of pyridine rings is 1. The van der Waals surface area contributed by atoms with E-state index in [1.54, 1.807) is 0 Å². The molecule has 1 unspecified atom stereocenters. The van der Waals surface area contributed by atoms with Crippen LogP contribution in [0.4, 0.5) is 5.82 Å². The Labute approximate surface area is 105 Å². The van der Waals surface area contributed by atoms with E-state index < -0.39 is 0 Å². The lowest BCUT2D eigenvalue weighted by Crippen LogP contribution is -2.16. The molecule has 0 saturated heterocycles. The lowest BCUT2D eigenvalue weighted by molar-refractivity contribution is 0.690. The topological polar surface area (TPSA) is 24.9 Å². The molecule has 0 aliphatic carbocycles. The Morgan fingerprint density at radius 2 is 2.33 bits per heavy atom. The minimum Gasteiger partial charge on any atom is -0.367 e. The molecule has 1 N–H and O–H groups in total. The number of aryl methyl sites for hydroxylation is 1. The van der Waals surface area contributed by atoms with Crippen LogP contribution in [0.1, 0.15) is 25.3 Å². The second-order valence-electron chi connectivity index (χ2n) is 3.67. The molecule has 1 rings (SSSR count). The molecule has 0 saturated carbocycles. The van der Waals surface area contributed by atoms with Gasteiger partial charge < -0.3 is 5.32 Å². The van der Waals surface area contributed by atoms with Crippen LogP contribution in [0.25, 0.3) is 0 Å². The third-order valence-electron chi connectivity index (χ3n) is 2.24. The molecule has 0 amide bonds. The van der Waals surface area contributed by atoms with Gasteiger partial charge in [-0.15, -0.1) is 11.6 Å². The molecule has 0 aliphatic heterocycles. The van der Waals surface area contributed by atoms with Gasteiger partial charge in [-0.3, -0.25) is 0 Å². The third-order valence-corrected chi connectivity index (χ3v) is 3.50. The van der Waals surface area contributed by atoms with Crippen molar-refractivity contribution >= 4 is 33.3 Å². The lowest BCUT2D eigenvalue weighted by atomic mass is 10.2. The van der Waals surface area contributed by atoms with E-state index in [2.05, 4.69) is 40.1 Å². The summed E-state index contributed by atoms with van der Waals surface area (Å²) < 4.78 is 1.04. The molecule has 2 nitrogen and oxygen atoms in total. The second-order valence-corrected chi connectivity index (χ2v) is 4.84. The summed E-state index contributed by atoms with van der Waals surface area (Å²) in [5.74, 6) is 1.63. The van der Waals surface area contributed by atoms with Gasteiger partial charge in [-0.25, -0.2) is 4.98 Å². The van der Waals surface area contributed by atoms with Crippen LogP contribution in [0.3, 0.4) is 0 Å². The highest BCUT2D eigenvalue weighted by molar-refractivity contribution is 9.10. The molecule has 0 aliphatic rings. The minimum absolute atomic E-state index is 0.398. The number of nitrogens with one attached hydrogen (secondary N) is 1. The number of aromatic nitrogens is 1. The van der Waals surface area contributed by atoms with E-state index in [4.69, 9.17) is 11.6 Å². The lowest BCUT2D eigenvalue weighted by Gasteiger charge is -2.15. The number of hydrogen-bond donors (Lipinski definition) is 1. The fraction of sp³-hybridized carbons (Fsp3) is 0.545. The summed E-state index contributed by atoms with van der Waals surface area (Å²) in [7, 11) is 0. The first-order valence-electron chi connectivity index (χ1n) is 5.08. The maximum Gasteiger partial charge on any atom is 0.140 e. The fourth-order valence-electron chi connectivity index (χ4n) is 1.33. The van der Waals surface area contributed by atoms with Crippen LogP contribution >= 0.6 is 27.5 Å². The third kappa shape index (κ3) is 3.99. The van der Waals surface area contributed by atoms with Crippen molar-refractivity contribution in [2.24, 2.45) is 0 Å². The Morgan fingerprint density at radius 1 is 1.60 bits per heavy atom. The predicted octanol–water partition coefficient (Wildman–Crippen LogP) is 3.97. The standard InChI is InChI=1S/C11H16BrClN2/c1-8-5-7-14-11(10(8)12)15-9(2)4-3-6-13/h5,7,9H,3-4,6H2,1-2H3,(H,14,15). The number of halogens is 2. The predicted molar refractivity (Wildman–Crippen MR) is 69.7 cm³/mol. The molecule has 1 atom stereocenters. The first kappa shape index (κ1) is 12.8. The van der Waals surface area contributed by atoms with Crippen molar-refractivity contribution < 1.29 is 0 Å². The van der Waals surface area contributed by atoms with Gasteiger partial charge in [0.05, 0.1) is 4.47 Å². The van der Waals surface area contributed by atoms with Crippen molar-refractivity contribution in [1.82, 2.24) is 4.98 Å². The van der Waals surface area contributed by atoms with Crippen molar-refractivity contribution in [2.45, 2.75) is 32.7 Å². The summed E-state index contributed by atoms with van der Waals surface area (Å²) in [6.45, 7) is 4.20. The SMILES string of the molecule is Cc1ccnc(NC(C)CCCCl)c1Br. The second kappa shape index (κ2) is 6.33. The molecule has 1 aromatic heterocycles. The van der Waals surface area contributed by atoms with Crippen molar-refractivity contribution in [3.8, 4) is 0 Å². The van der Waals surface area contributed by atoms with Crippen LogP contribution in [0.15, 0.2) is 16.7 Å². The number of hydrogen-bond acceptors (Lipinski definition) is 2. The van der Waals surface area contributed by atoms with Crippen LogP contribution in [-0.2, 0) is 0 Å². The highest BCUT2D eigenvalue weighted by Crippen LogP contribution is 2.24. The van der Waals surface area contributed by atoms with Crippen molar-refractivity contribution in [3.63, 3.8) is 0 Å². The zero-order valence-corrected chi connectivity index (χ0v) is 11.4. The number of anilines is 1. The zero-order chi connectivity index (χ0) is 11.3. The van der Waals surface area contributed by atoms with Crippen molar-refractivity contribution in [3.05, 3.63) is 22.3 Å². The Morgan fingerprint density at radius 3 is 3.00 bits per heavy atom. The quantitative estimate of drug-likeness (QED) is 0.830. The van der Waals surface area contributed by atoms with Crippen LogP contribution in [0.2, 0.25) is 0 Å². The average Bonchev–Trinajstić information content (AvgIpc) is 2.22. The molecule has 0 fully saturated rings. The Hall–Kier alpha value is -0.280. The fourth-order valence-corrected chi connectivity index (χ4v) is 1.83. The Bertz CT molecular complexity index is 317. The van der Waals surface area contributed by atoms with E-state index in [9.17, 15) is 0 Å². The van der Waals surface area contributed by atoms with Gasteiger partial charge >= 0.3 is 0 Å². The summed E-state index contributed by atoms with van der Waals surface area (Å²) in [5.41, 5.74) is 1.19. The molecular weight excluding hydrogens is 275 g/mol. The first-order valence-corrected chi connectivity index (χ1v) is 6.41. The highest BCUT2D eigenvalue weighted by Gasteiger charge is 2.07. The van der Waals surface area contributed by atoms with E-state index in [-0.39, 0.29) is 0 Å². The van der Waals surface area contributed by atoms with Gasteiger partial charge in [-0.2, -0.15) is 0 Å². The Balaban J connectivity index is 2.60. The summed E-state index contributed by atoms with van der Waals surface area (Å²) in [5, 5.41) is 3.37. The Kier molecular flexibility index (Phi) is 5.40. The smallest absolute Gasteiger partial charge is 0.140 e. The number of rotatable bonds is 5. The van der Waals surface area contributed by atoms with E-state index in [1.807, 2.05) is 12.3 Å². The molecule has 0 aromatic carbocycles. The molecule has 84 valence electrons. The van der Waals surface area contributed by atoms with E-state index in [0.29, 0.717) is 11.9 Å². The molecule has 4 heteroatoms. The number of nitrogens with zero attached hydrogens (tertiary/aromatic N) is 1. The van der Waals surface area contributed by atoms with Crippen LogP contribution < -0.4 is 5.32 Å². The molecule has 0 spiro atoms. The van der Waals surface area contributed by atoms with Crippen LogP contribution in [0.5, 0.6) is 0 Å². The largest absolute Gasteiger partial charge is 0.367 e. The van der Waals surface area contributed by atoms with Gasteiger partial charge in [0.2, 0.25) is 0 Å². The molecular formula is C11H16BrClN2. The summed E-state index contributed by atoms with van der Waals surface area (Å²) in [6.07, 6.45) is 3.90. The van der Waals surface area contributed by atoms with Crippen molar-refractivity contribution in [2.75, 3.05) is 11.2 Å². The number of alkyl halides is 1. The van der Waals surface area contributed by atoms with Gasteiger partial charge in [-0.05, 0) is 54.2 Å². The van der Waals surface area contributed by atoms with Gasteiger partial charge in [0.1, 0.15) is 5.82 Å². The van der Waals surface area contributed by atoms with Gasteiger partial charge in [0.25, 0.3) is 0 Å². The molecule has 15 heavy (non-hydrogen) atoms.